The van der Waals surface area contributed by atoms with Crippen LogP contribution in [-0.2, 0) is 9.59 Å². The van der Waals surface area contributed by atoms with E-state index < -0.39 is 0 Å². The van der Waals surface area contributed by atoms with Gasteiger partial charge in [0.05, 0.1) is 19.3 Å². The van der Waals surface area contributed by atoms with Gasteiger partial charge in [-0.1, -0.05) is 48.5 Å². The molecule has 0 aliphatic rings. The van der Waals surface area contributed by atoms with E-state index in [1.807, 2.05) is 54.6 Å². The highest BCUT2D eigenvalue weighted by atomic mass is 16.5. The molecule has 3 N–H and O–H groups in total. The highest BCUT2D eigenvalue weighted by Gasteiger charge is 2.11. The van der Waals surface area contributed by atoms with Crippen molar-refractivity contribution in [2.75, 3.05) is 29.6 Å². The lowest BCUT2D eigenvalue weighted by atomic mass is 10.0. The second-order valence-electron chi connectivity index (χ2n) is 6.41. The summed E-state index contributed by atoms with van der Waals surface area (Å²) >= 11 is 0. The van der Waals surface area contributed by atoms with E-state index in [1.54, 1.807) is 18.2 Å². The first-order valence-corrected chi connectivity index (χ1v) is 9.20. The van der Waals surface area contributed by atoms with E-state index in [4.69, 9.17) is 4.74 Å². The largest absolute Gasteiger partial charge is 0.495 e. The standard InChI is InChI=1S/C23H23N3O3/c1-16(27)25-18-12-13-22(29-2)21(14-18)26-23(28)15-24-20-11-7-6-10-19(20)17-8-4-3-5-9-17/h3-14,24H,15H2,1-2H3,(H,25,27)(H,26,28). The number of rotatable bonds is 7. The van der Waals surface area contributed by atoms with Gasteiger partial charge in [-0.3, -0.25) is 9.59 Å². The third-order valence-corrected chi connectivity index (χ3v) is 4.25. The molecule has 0 fully saturated rings. The van der Waals surface area contributed by atoms with E-state index in [0.29, 0.717) is 17.1 Å². The first-order chi connectivity index (χ1) is 14.1. The topological polar surface area (TPSA) is 79.5 Å². The van der Waals surface area contributed by atoms with Crippen LogP contribution in [0.4, 0.5) is 17.1 Å². The van der Waals surface area contributed by atoms with Crippen molar-refractivity contribution in [3.8, 4) is 16.9 Å². The molecule has 0 saturated heterocycles. The fourth-order valence-electron chi connectivity index (χ4n) is 2.96. The summed E-state index contributed by atoms with van der Waals surface area (Å²) in [6.07, 6.45) is 0. The maximum atomic E-state index is 12.5. The number of methoxy groups -OCH3 is 1. The number of amides is 2. The molecule has 0 unspecified atom stereocenters. The van der Waals surface area contributed by atoms with Gasteiger partial charge in [-0.25, -0.2) is 0 Å². The maximum absolute atomic E-state index is 12.5. The zero-order valence-corrected chi connectivity index (χ0v) is 16.4. The van der Waals surface area contributed by atoms with Crippen LogP contribution in [0, 0.1) is 0 Å². The van der Waals surface area contributed by atoms with Crippen molar-refractivity contribution in [3.05, 3.63) is 72.8 Å². The van der Waals surface area contributed by atoms with Crippen molar-refractivity contribution in [2.45, 2.75) is 6.92 Å². The second-order valence-corrected chi connectivity index (χ2v) is 6.41. The predicted molar refractivity (Wildman–Crippen MR) is 116 cm³/mol. The lowest BCUT2D eigenvalue weighted by molar-refractivity contribution is -0.115. The average Bonchev–Trinajstić information content (AvgIpc) is 2.73. The van der Waals surface area contributed by atoms with E-state index in [9.17, 15) is 9.59 Å². The number of nitrogens with one attached hydrogen (secondary N) is 3. The zero-order valence-electron chi connectivity index (χ0n) is 16.4. The number of benzene rings is 3. The Morgan fingerprint density at radius 2 is 1.59 bits per heavy atom. The second kappa shape index (κ2) is 9.41. The highest BCUT2D eigenvalue weighted by Crippen LogP contribution is 2.29. The Morgan fingerprint density at radius 1 is 0.862 bits per heavy atom. The fraction of sp³-hybridized carbons (Fsp3) is 0.130. The van der Waals surface area contributed by atoms with Crippen LogP contribution in [0.5, 0.6) is 5.75 Å². The molecular weight excluding hydrogens is 366 g/mol. The molecule has 0 atom stereocenters. The van der Waals surface area contributed by atoms with E-state index in [1.165, 1.54) is 14.0 Å². The molecule has 0 aromatic heterocycles. The van der Waals surface area contributed by atoms with Gasteiger partial charge in [0.25, 0.3) is 0 Å². The summed E-state index contributed by atoms with van der Waals surface area (Å²) in [7, 11) is 1.53. The van der Waals surface area contributed by atoms with Crippen molar-refractivity contribution < 1.29 is 14.3 Å². The zero-order chi connectivity index (χ0) is 20.6. The molecule has 0 aliphatic carbocycles. The number of carbonyl (C=O) groups is 2. The van der Waals surface area contributed by atoms with E-state index in [-0.39, 0.29) is 18.4 Å². The van der Waals surface area contributed by atoms with Crippen molar-refractivity contribution in [2.24, 2.45) is 0 Å². The summed E-state index contributed by atoms with van der Waals surface area (Å²) in [5, 5.41) is 8.71. The average molecular weight is 389 g/mol. The van der Waals surface area contributed by atoms with Crippen LogP contribution >= 0.6 is 0 Å². The van der Waals surface area contributed by atoms with E-state index in [0.717, 1.165) is 16.8 Å². The van der Waals surface area contributed by atoms with Crippen LogP contribution in [0.1, 0.15) is 6.92 Å². The van der Waals surface area contributed by atoms with Crippen molar-refractivity contribution in [1.29, 1.82) is 0 Å². The van der Waals surface area contributed by atoms with Gasteiger partial charge in [-0.05, 0) is 29.8 Å². The minimum atomic E-state index is -0.230. The molecule has 6 nitrogen and oxygen atoms in total. The Morgan fingerprint density at radius 3 is 2.31 bits per heavy atom. The molecule has 6 heteroatoms. The first-order valence-electron chi connectivity index (χ1n) is 9.20. The van der Waals surface area contributed by atoms with Crippen LogP contribution in [0.25, 0.3) is 11.1 Å². The molecule has 0 bridgehead atoms. The monoisotopic (exact) mass is 389 g/mol. The van der Waals surface area contributed by atoms with Crippen LogP contribution < -0.4 is 20.7 Å². The molecule has 0 aliphatic heterocycles. The molecule has 148 valence electrons. The molecule has 3 rings (SSSR count). The number of hydrogen-bond acceptors (Lipinski definition) is 4. The predicted octanol–water partition coefficient (Wildman–Crippen LogP) is 4.37. The van der Waals surface area contributed by atoms with Crippen LogP contribution in [0.3, 0.4) is 0 Å². The highest BCUT2D eigenvalue weighted by molar-refractivity contribution is 5.97. The van der Waals surface area contributed by atoms with Gasteiger partial charge in [-0.15, -0.1) is 0 Å². The SMILES string of the molecule is COc1ccc(NC(C)=O)cc1NC(=O)CNc1ccccc1-c1ccccc1. The lowest BCUT2D eigenvalue weighted by Gasteiger charge is -2.14. The quantitative estimate of drug-likeness (QED) is 0.561. The normalized spacial score (nSPS) is 10.1. The molecule has 0 radical (unpaired) electrons. The van der Waals surface area contributed by atoms with Crippen molar-refractivity contribution in [1.82, 2.24) is 0 Å². The fourth-order valence-corrected chi connectivity index (χ4v) is 2.96. The summed E-state index contributed by atoms with van der Waals surface area (Å²) in [5.74, 6) is 0.0925. The Hall–Kier alpha value is -3.80. The molecule has 0 heterocycles. The minimum Gasteiger partial charge on any atom is -0.495 e. The third-order valence-electron chi connectivity index (χ3n) is 4.25. The number of ether oxygens (including phenoxy) is 1. The molecule has 3 aromatic rings. The smallest absolute Gasteiger partial charge is 0.243 e. The van der Waals surface area contributed by atoms with Crippen molar-refractivity contribution in [3.63, 3.8) is 0 Å². The van der Waals surface area contributed by atoms with Gasteiger partial charge in [-0.2, -0.15) is 0 Å². The van der Waals surface area contributed by atoms with Gasteiger partial charge in [0.1, 0.15) is 5.75 Å². The Kier molecular flexibility index (Phi) is 6.47. The summed E-state index contributed by atoms with van der Waals surface area (Å²) < 4.78 is 5.30. The van der Waals surface area contributed by atoms with E-state index >= 15 is 0 Å². The Balaban J connectivity index is 1.71. The van der Waals surface area contributed by atoms with Crippen LogP contribution in [0.2, 0.25) is 0 Å². The Labute approximate surface area is 169 Å². The number of anilines is 3. The molecule has 29 heavy (non-hydrogen) atoms. The Bertz CT molecular complexity index is 1000. The molecule has 3 aromatic carbocycles. The molecule has 0 saturated carbocycles. The summed E-state index contributed by atoms with van der Waals surface area (Å²) in [6, 6.07) is 22.9. The summed E-state index contributed by atoms with van der Waals surface area (Å²) in [5.41, 5.74) is 4.03. The van der Waals surface area contributed by atoms with Crippen LogP contribution in [-0.4, -0.2) is 25.5 Å². The summed E-state index contributed by atoms with van der Waals surface area (Å²) in [6.45, 7) is 1.51. The first kappa shape index (κ1) is 19.9. The van der Waals surface area contributed by atoms with Gasteiger partial charge in [0.15, 0.2) is 0 Å². The minimum absolute atomic E-state index is 0.0807. The number of para-hydroxylation sites is 1. The van der Waals surface area contributed by atoms with Gasteiger partial charge in [0.2, 0.25) is 11.8 Å². The van der Waals surface area contributed by atoms with Crippen molar-refractivity contribution >= 4 is 28.9 Å². The van der Waals surface area contributed by atoms with E-state index in [2.05, 4.69) is 16.0 Å². The van der Waals surface area contributed by atoms with Gasteiger partial charge >= 0.3 is 0 Å². The molecular formula is C23H23N3O3. The molecule has 0 spiro atoms. The number of carbonyl (C=O) groups excluding carboxylic acids is 2. The summed E-state index contributed by atoms with van der Waals surface area (Å²) in [4.78, 5) is 23.8. The van der Waals surface area contributed by atoms with Gasteiger partial charge < -0.3 is 20.7 Å². The lowest BCUT2D eigenvalue weighted by Crippen LogP contribution is -2.22. The third kappa shape index (κ3) is 5.35. The van der Waals surface area contributed by atoms with Crippen LogP contribution in [0.15, 0.2) is 72.8 Å². The van der Waals surface area contributed by atoms with Gasteiger partial charge in [0, 0.05) is 23.9 Å². The molecule has 2 amide bonds. The number of hydrogen-bond donors (Lipinski definition) is 3. The maximum Gasteiger partial charge on any atom is 0.243 e.